The first-order valence-electron chi connectivity index (χ1n) is 5.76. The van der Waals surface area contributed by atoms with Crippen molar-refractivity contribution in [1.82, 2.24) is 0 Å². The standard InChI is InChI=1S/C17H16/c1-3-7-15-10-12-17(13-11-15)14(2)16-8-5-4-6-9-16/h3-6,8-13H,1-2,7H2. The Balaban J connectivity index is 2.23. The Morgan fingerprint density at radius 2 is 1.47 bits per heavy atom. The molecule has 0 saturated carbocycles. The van der Waals surface area contributed by atoms with Crippen LogP contribution in [0.3, 0.4) is 0 Å². The van der Waals surface area contributed by atoms with Gasteiger partial charge >= 0.3 is 0 Å². The molecule has 0 spiro atoms. The Hall–Kier alpha value is -2.08. The Bertz CT molecular complexity index is 503. The van der Waals surface area contributed by atoms with Gasteiger partial charge in [0.15, 0.2) is 0 Å². The first kappa shape index (κ1) is 11.4. The third-order valence-corrected chi connectivity index (χ3v) is 2.80. The molecule has 0 aromatic heterocycles. The first-order valence-corrected chi connectivity index (χ1v) is 5.76. The zero-order chi connectivity index (χ0) is 12.1. The minimum Gasteiger partial charge on any atom is -0.103 e. The molecule has 0 fully saturated rings. The Morgan fingerprint density at radius 1 is 0.882 bits per heavy atom. The summed E-state index contributed by atoms with van der Waals surface area (Å²) in [5.41, 5.74) is 4.69. The van der Waals surface area contributed by atoms with Gasteiger partial charge in [-0.05, 0) is 28.7 Å². The second-order valence-electron chi connectivity index (χ2n) is 4.03. The van der Waals surface area contributed by atoms with Crippen molar-refractivity contribution in [3.8, 4) is 0 Å². The number of benzene rings is 2. The summed E-state index contributed by atoms with van der Waals surface area (Å²) in [5.74, 6) is 0. The molecule has 0 aliphatic rings. The van der Waals surface area contributed by atoms with Gasteiger partial charge in [-0.25, -0.2) is 0 Å². The van der Waals surface area contributed by atoms with Crippen LogP contribution in [0.5, 0.6) is 0 Å². The topological polar surface area (TPSA) is 0 Å². The van der Waals surface area contributed by atoms with E-state index in [-0.39, 0.29) is 0 Å². The lowest BCUT2D eigenvalue weighted by Crippen LogP contribution is -1.87. The molecule has 0 nitrogen and oxygen atoms in total. The van der Waals surface area contributed by atoms with Gasteiger partial charge in [-0.15, -0.1) is 6.58 Å². The summed E-state index contributed by atoms with van der Waals surface area (Å²) in [4.78, 5) is 0. The van der Waals surface area contributed by atoms with Crippen molar-refractivity contribution in [3.63, 3.8) is 0 Å². The number of allylic oxidation sites excluding steroid dienone is 1. The van der Waals surface area contributed by atoms with Gasteiger partial charge in [-0.3, -0.25) is 0 Å². The predicted molar refractivity (Wildman–Crippen MR) is 74.9 cm³/mol. The van der Waals surface area contributed by atoms with E-state index >= 15 is 0 Å². The molecule has 0 heterocycles. The van der Waals surface area contributed by atoms with Crippen LogP contribution in [0, 0.1) is 0 Å². The summed E-state index contributed by atoms with van der Waals surface area (Å²) < 4.78 is 0. The van der Waals surface area contributed by atoms with E-state index in [4.69, 9.17) is 0 Å². The molecule has 0 amide bonds. The second kappa shape index (κ2) is 5.31. The Labute approximate surface area is 103 Å². The summed E-state index contributed by atoms with van der Waals surface area (Å²) in [6.07, 6.45) is 2.83. The van der Waals surface area contributed by atoms with Crippen molar-refractivity contribution < 1.29 is 0 Å². The molecule has 0 heteroatoms. The average molecular weight is 220 g/mol. The highest BCUT2D eigenvalue weighted by Gasteiger charge is 2.01. The van der Waals surface area contributed by atoms with Crippen LogP contribution in [0.2, 0.25) is 0 Å². The average Bonchev–Trinajstić information content (AvgIpc) is 2.40. The highest BCUT2D eigenvalue weighted by molar-refractivity contribution is 5.77. The first-order chi connectivity index (χ1) is 8.31. The number of hydrogen-bond acceptors (Lipinski definition) is 0. The van der Waals surface area contributed by atoms with Crippen LogP contribution < -0.4 is 0 Å². The van der Waals surface area contributed by atoms with Crippen LogP contribution >= 0.6 is 0 Å². The molecule has 2 rings (SSSR count). The van der Waals surface area contributed by atoms with E-state index in [1.165, 1.54) is 16.7 Å². The molecule has 17 heavy (non-hydrogen) atoms. The molecule has 0 radical (unpaired) electrons. The van der Waals surface area contributed by atoms with E-state index in [0.717, 1.165) is 12.0 Å². The highest BCUT2D eigenvalue weighted by Crippen LogP contribution is 2.21. The Morgan fingerprint density at radius 3 is 2.06 bits per heavy atom. The van der Waals surface area contributed by atoms with Gasteiger partial charge in [0.2, 0.25) is 0 Å². The van der Waals surface area contributed by atoms with Gasteiger partial charge in [0.05, 0.1) is 0 Å². The van der Waals surface area contributed by atoms with E-state index in [1.54, 1.807) is 0 Å². The molecule has 0 N–H and O–H groups in total. The molecule has 0 bridgehead atoms. The van der Waals surface area contributed by atoms with Crippen LogP contribution in [0.15, 0.2) is 73.8 Å². The summed E-state index contributed by atoms with van der Waals surface area (Å²) in [7, 11) is 0. The number of hydrogen-bond donors (Lipinski definition) is 0. The van der Waals surface area contributed by atoms with Crippen molar-refractivity contribution in [2.45, 2.75) is 6.42 Å². The maximum absolute atomic E-state index is 4.15. The minimum atomic E-state index is 0.915. The quantitative estimate of drug-likeness (QED) is 0.666. The van der Waals surface area contributed by atoms with Gasteiger partial charge in [-0.1, -0.05) is 67.3 Å². The van der Waals surface area contributed by atoms with Crippen molar-refractivity contribution >= 4 is 5.57 Å². The summed E-state index contributed by atoms with van der Waals surface area (Å²) in [5, 5.41) is 0. The molecule has 84 valence electrons. The fraction of sp³-hybridized carbons (Fsp3) is 0.0588. The third kappa shape index (κ3) is 2.73. The van der Waals surface area contributed by atoms with Crippen molar-refractivity contribution in [2.24, 2.45) is 0 Å². The predicted octanol–water partition coefficient (Wildman–Crippen LogP) is 4.48. The molecule has 0 unspecified atom stereocenters. The van der Waals surface area contributed by atoms with Gasteiger partial charge in [0, 0.05) is 0 Å². The van der Waals surface area contributed by atoms with Crippen LogP contribution in [0.25, 0.3) is 5.57 Å². The molecule has 0 aliphatic heterocycles. The van der Waals surface area contributed by atoms with E-state index in [1.807, 2.05) is 24.3 Å². The molecular weight excluding hydrogens is 204 g/mol. The van der Waals surface area contributed by atoms with E-state index < -0.39 is 0 Å². The fourth-order valence-electron chi connectivity index (χ4n) is 1.81. The van der Waals surface area contributed by atoms with E-state index in [9.17, 15) is 0 Å². The monoisotopic (exact) mass is 220 g/mol. The van der Waals surface area contributed by atoms with Gasteiger partial charge in [0.1, 0.15) is 0 Å². The van der Waals surface area contributed by atoms with Crippen LogP contribution in [0.1, 0.15) is 16.7 Å². The maximum Gasteiger partial charge on any atom is -0.0100 e. The van der Waals surface area contributed by atoms with Crippen LogP contribution in [0.4, 0.5) is 0 Å². The Kier molecular flexibility index (Phi) is 3.56. The molecule has 0 saturated heterocycles. The summed E-state index contributed by atoms with van der Waals surface area (Å²) >= 11 is 0. The molecule has 0 aliphatic carbocycles. The molecule has 2 aromatic carbocycles. The second-order valence-corrected chi connectivity index (χ2v) is 4.03. The van der Waals surface area contributed by atoms with Crippen molar-refractivity contribution in [1.29, 1.82) is 0 Å². The lowest BCUT2D eigenvalue weighted by Gasteiger charge is -2.07. The van der Waals surface area contributed by atoms with Crippen molar-refractivity contribution in [3.05, 3.63) is 90.5 Å². The number of rotatable bonds is 4. The fourth-order valence-corrected chi connectivity index (χ4v) is 1.81. The lowest BCUT2D eigenvalue weighted by atomic mass is 9.98. The van der Waals surface area contributed by atoms with Gasteiger partial charge < -0.3 is 0 Å². The maximum atomic E-state index is 4.15. The van der Waals surface area contributed by atoms with Crippen LogP contribution in [-0.2, 0) is 6.42 Å². The van der Waals surface area contributed by atoms with Crippen molar-refractivity contribution in [2.75, 3.05) is 0 Å². The molecular formula is C17H16. The largest absolute Gasteiger partial charge is 0.103 e. The molecule has 0 atom stereocenters. The highest BCUT2D eigenvalue weighted by atomic mass is 14.1. The third-order valence-electron chi connectivity index (χ3n) is 2.80. The SMILES string of the molecule is C=CCc1ccc(C(=C)c2ccccc2)cc1. The van der Waals surface area contributed by atoms with E-state index in [2.05, 4.69) is 49.6 Å². The zero-order valence-electron chi connectivity index (χ0n) is 9.89. The molecule has 2 aromatic rings. The van der Waals surface area contributed by atoms with Crippen LogP contribution in [-0.4, -0.2) is 0 Å². The summed E-state index contributed by atoms with van der Waals surface area (Å²) in [6.45, 7) is 7.89. The lowest BCUT2D eigenvalue weighted by molar-refractivity contribution is 1.27. The van der Waals surface area contributed by atoms with E-state index in [0.29, 0.717) is 0 Å². The smallest absolute Gasteiger partial charge is 0.0100 e. The van der Waals surface area contributed by atoms with Gasteiger partial charge in [0.25, 0.3) is 0 Å². The normalized spacial score (nSPS) is 9.88. The summed E-state index contributed by atoms with van der Waals surface area (Å²) in [6, 6.07) is 18.8. The minimum absolute atomic E-state index is 0.915. The van der Waals surface area contributed by atoms with Gasteiger partial charge in [-0.2, -0.15) is 0 Å². The zero-order valence-corrected chi connectivity index (χ0v) is 9.89.